The number of halogens is 1. The summed E-state index contributed by atoms with van der Waals surface area (Å²) in [6.45, 7) is 11.5. The van der Waals surface area contributed by atoms with E-state index in [1.54, 1.807) is 6.92 Å². The summed E-state index contributed by atoms with van der Waals surface area (Å²) in [6, 6.07) is 2.54. The molecule has 2 aromatic rings. The van der Waals surface area contributed by atoms with Crippen molar-refractivity contribution >= 4 is 23.4 Å². The Balaban J connectivity index is 0.00000108. The first-order chi connectivity index (χ1) is 16.8. The Morgan fingerprint density at radius 1 is 1.23 bits per heavy atom. The monoisotopic (exact) mass is 501 g/mol. The molecule has 1 fully saturated rings. The highest BCUT2D eigenvalue weighted by Crippen LogP contribution is 2.33. The van der Waals surface area contributed by atoms with Gasteiger partial charge in [0.15, 0.2) is 0 Å². The predicted molar refractivity (Wildman–Crippen MR) is 143 cm³/mol. The first kappa shape index (κ1) is 27.2. The van der Waals surface area contributed by atoms with E-state index in [0.29, 0.717) is 29.5 Å². The molecule has 0 radical (unpaired) electrons. The van der Waals surface area contributed by atoms with Gasteiger partial charge in [0, 0.05) is 42.4 Å². The summed E-state index contributed by atoms with van der Waals surface area (Å²) in [5.41, 5.74) is 3.14. The molecular formula is C27H40ClN5O2. The number of aliphatic hydroxyl groups excluding tert-OH is 1. The minimum atomic E-state index is 0.250. The number of hydrogen-bond acceptors (Lipinski definition) is 7. The lowest BCUT2D eigenvalue weighted by Crippen LogP contribution is -2.20. The second-order valence-corrected chi connectivity index (χ2v) is 10.2. The van der Waals surface area contributed by atoms with E-state index in [4.69, 9.17) is 26.4 Å². The van der Waals surface area contributed by atoms with Gasteiger partial charge in [-0.05, 0) is 63.0 Å². The molecule has 192 valence electrons. The molecule has 0 bridgehead atoms. The number of nitrogens with one attached hydrogen (secondary N) is 2. The van der Waals surface area contributed by atoms with Gasteiger partial charge in [-0.15, -0.1) is 0 Å². The molecule has 1 unspecified atom stereocenters. The van der Waals surface area contributed by atoms with E-state index in [1.807, 2.05) is 6.20 Å². The molecule has 1 aliphatic carbocycles. The number of aryl methyl sites for hydroxylation is 1. The summed E-state index contributed by atoms with van der Waals surface area (Å²) in [6.07, 6.45) is 9.79. The van der Waals surface area contributed by atoms with Gasteiger partial charge in [-0.3, -0.25) is 4.98 Å². The third-order valence-electron chi connectivity index (χ3n) is 6.17. The molecule has 0 spiro atoms. The van der Waals surface area contributed by atoms with E-state index >= 15 is 0 Å². The van der Waals surface area contributed by atoms with Gasteiger partial charge in [0.05, 0.1) is 6.20 Å². The standard InChI is InChI=1S/C25H34ClN5O.C2H6O/c1-5-18-11-17-7-9-20(32-22(17)14-27-18)12-21-23(26)30-25(28-13-15(2)3)31-24(21)29-19-8-6-16(4)10-19;1-2-3/h9,11,14-16,19H,5-8,10,12-13H2,1-4H3,(H2,28,29,30,31);3H,2H2,1H3/t16?,19-;/m0./s1. The number of hydrogen-bond donors (Lipinski definition) is 3. The fourth-order valence-electron chi connectivity index (χ4n) is 4.31. The zero-order chi connectivity index (χ0) is 25.4. The fraction of sp³-hybridized carbons (Fsp3) is 0.593. The summed E-state index contributed by atoms with van der Waals surface area (Å²) in [5.74, 6) is 4.29. The SMILES string of the molecule is CCO.CCc1cc2c(cn1)OC(Cc1c(Cl)nc(NCC(C)C)nc1N[C@H]1CCC(C)C1)=CC2. The molecule has 2 aromatic heterocycles. The smallest absolute Gasteiger partial charge is 0.226 e. The average Bonchev–Trinajstić information content (AvgIpc) is 3.24. The van der Waals surface area contributed by atoms with Crippen molar-refractivity contribution in [3.63, 3.8) is 0 Å². The van der Waals surface area contributed by atoms with Crippen LogP contribution in [0.25, 0.3) is 0 Å². The minimum absolute atomic E-state index is 0.250. The van der Waals surface area contributed by atoms with E-state index in [0.717, 1.165) is 66.7 Å². The van der Waals surface area contributed by atoms with Crippen LogP contribution in [0.15, 0.2) is 24.1 Å². The van der Waals surface area contributed by atoms with Gasteiger partial charge in [-0.1, -0.05) is 39.3 Å². The van der Waals surface area contributed by atoms with Gasteiger partial charge < -0.3 is 20.5 Å². The van der Waals surface area contributed by atoms with Crippen LogP contribution in [0.4, 0.5) is 11.8 Å². The van der Waals surface area contributed by atoms with Crippen LogP contribution in [0.2, 0.25) is 5.15 Å². The van der Waals surface area contributed by atoms with Crippen molar-refractivity contribution < 1.29 is 9.84 Å². The number of anilines is 2. The Morgan fingerprint density at radius 2 is 2.00 bits per heavy atom. The van der Waals surface area contributed by atoms with Crippen molar-refractivity contribution in [1.82, 2.24) is 15.0 Å². The zero-order valence-electron chi connectivity index (χ0n) is 21.7. The van der Waals surface area contributed by atoms with Crippen molar-refractivity contribution in [3.8, 4) is 5.75 Å². The zero-order valence-corrected chi connectivity index (χ0v) is 22.5. The van der Waals surface area contributed by atoms with E-state index in [1.165, 1.54) is 12.0 Å². The minimum Gasteiger partial charge on any atom is -0.460 e. The molecule has 0 aromatic carbocycles. The Labute approximate surface area is 214 Å². The molecule has 8 heteroatoms. The quantitative estimate of drug-likeness (QED) is 0.392. The summed E-state index contributed by atoms with van der Waals surface area (Å²) in [5, 5.41) is 15.0. The molecule has 2 atom stereocenters. The van der Waals surface area contributed by atoms with Crippen LogP contribution in [0.3, 0.4) is 0 Å². The number of fused-ring (bicyclic) bond motifs is 1. The number of allylic oxidation sites excluding steroid dienone is 2. The van der Waals surface area contributed by atoms with Gasteiger partial charge >= 0.3 is 0 Å². The fourth-order valence-corrected chi connectivity index (χ4v) is 4.54. The number of aliphatic hydroxyl groups is 1. The van der Waals surface area contributed by atoms with Crippen LogP contribution in [-0.4, -0.2) is 39.3 Å². The Hall–Kier alpha value is -2.38. The van der Waals surface area contributed by atoms with E-state index in [9.17, 15) is 0 Å². The lowest BCUT2D eigenvalue weighted by atomic mass is 10.1. The molecule has 2 aliphatic rings. The highest BCUT2D eigenvalue weighted by molar-refractivity contribution is 6.30. The molecule has 7 nitrogen and oxygen atoms in total. The maximum Gasteiger partial charge on any atom is 0.226 e. The van der Waals surface area contributed by atoms with Crippen molar-refractivity contribution in [2.24, 2.45) is 11.8 Å². The normalized spacial score (nSPS) is 18.8. The number of pyridine rings is 1. The molecule has 35 heavy (non-hydrogen) atoms. The van der Waals surface area contributed by atoms with Crippen molar-refractivity contribution in [2.45, 2.75) is 79.2 Å². The van der Waals surface area contributed by atoms with Crippen molar-refractivity contribution in [2.75, 3.05) is 23.8 Å². The molecule has 0 saturated heterocycles. The van der Waals surface area contributed by atoms with E-state index < -0.39 is 0 Å². The highest BCUT2D eigenvalue weighted by atomic mass is 35.5. The largest absolute Gasteiger partial charge is 0.460 e. The second kappa shape index (κ2) is 13.1. The Bertz CT molecular complexity index is 1010. The topological polar surface area (TPSA) is 92.2 Å². The molecule has 0 amide bonds. The van der Waals surface area contributed by atoms with Gasteiger partial charge in [0.25, 0.3) is 0 Å². The Kier molecular flexibility index (Phi) is 10.2. The summed E-state index contributed by atoms with van der Waals surface area (Å²) in [4.78, 5) is 13.8. The second-order valence-electron chi connectivity index (χ2n) is 9.81. The van der Waals surface area contributed by atoms with Crippen LogP contribution < -0.4 is 15.4 Å². The molecule has 3 heterocycles. The van der Waals surface area contributed by atoms with Gasteiger partial charge in [0.1, 0.15) is 22.5 Å². The lowest BCUT2D eigenvalue weighted by Gasteiger charge is -2.22. The maximum absolute atomic E-state index is 7.57. The number of nitrogens with zero attached hydrogens (tertiary/aromatic N) is 3. The maximum atomic E-state index is 7.57. The first-order valence-corrected chi connectivity index (χ1v) is 13.2. The summed E-state index contributed by atoms with van der Waals surface area (Å²) in [7, 11) is 0. The van der Waals surface area contributed by atoms with Crippen molar-refractivity contribution in [3.05, 3.63) is 46.1 Å². The summed E-state index contributed by atoms with van der Waals surface area (Å²) < 4.78 is 6.18. The third-order valence-corrected chi connectivity index (χ3v) is 6.48. The van der Waals surface area contributed by atoms with Crippen LogP contribution in [0.5, 0.6) is 5.75 Å². The lowest BCUT2D eigenvalue weighted by molar-refractivity contribution is 0.318. The van der Waals surface area contributed by atoms with Gasteiger partial charge in [-0.2, -0.15) is 4.98 Å². The van der Waals surface area contributed by atoms with Crippen molar-refractivity contribution in [1.29, 1.82) is 0 Å². The average molecular weight is 502 g/mol. The first-order valence-electron chi connectivity index (χ1n) is 12.8. The number of rotatable bonds is 8. The van der Waals surface area contributed by atoms with Crippen LogP contribution in [0.1, 0.15) is 70.7 Å². The third kappa shape index (κ3) is 7.80. The number of ether oxygens (including phenoxy) is 1. The van der Waals surface area contributed by atoms with Crippen LogP contribution in [0, 0.1) is 11.8 Å². The molecule has 4 rings (SSSR count). The highest BCUT2D eigenvalue weighted by Gasteiger charge is 2.25. The molecular weight excluding hydrogens is 462 g/mol. The Morgan fingerprint density at radius 3 is 2.66 bits per heavy atom. The predicted octanol–water partition coefficient (Wildman–Crippen LogP) is 5.82. The molecule has 1 aliphatic heterocycles. The van der Waals surface area contributed by atoms with E-state index in [2.05, 4.69) is 60.4 Å². The summed E-state index contributed by atoms with van der Waals surface area (Å²) >= 11 is 6.70. The number of aromatic nitrogens is 3. The van der Waals surface area contributed by atoms with Gasteiger partial charge in [-0.25, -0.2) is 4.98 Å². The van der Waals surface area contributed by atoms with Crippen LogP contribution in [-0.2, 0) is 19.3 Å². The van der Waals surface area contributed by atoms with Gasteiger partial charge in [0.2, 0.25) is 5.95 Å². The van der Waals surface area contributed by atoms with E-state index in [-0.39, 0.29) is 6.61 Å². The molecule has 3 N–H and O–H groups in total. The van der Waals surface area contributed by atoms with Crippen LogP contribution >= 0.6 is 11.6 Å². The molecule has 1 saturated carbocycles.